The fourth-order valence-corrected chi connectivity index (χ4v) is 3.78. The largest absolute Gasteiger partial charge is 0.457 e. The predicted octanol–water partition coefficient (Wildman–Crippen LogP) is 7.30. The summed E-state index contributed by atoms with van der Waals surface area (Å²) in [7, 11) is 0. The van der Waals surface area contributed by atoms with Gasteiger partial charge in [0, 0.05) is 30.9 Å². The summed E-state index contributed by atoms with van der Waals surface area (Å²) >= 11 is 0. The number of aryl methyl sites for hydroxylation is 1. The zero-order valence-corrected chi connectivity index (χ0v) is 21.3. The average Bonchev–Trinajstić information content (AvgIpc) is 2.89. The topological polar surface area (TPSA) is 70.7 Å². The quantitative estimate of drug-likeness (QED) is 0.248. The molecule has 3 amide bonds. The summed E-state index contributed by atoms with van der Waals surface area (Å²) in [5.41, 5.74) is 2.56. The van der Waals surface area contributed by atoms with E-state index >= 15 is 0 Å². The minimum absolute atomic E-state index is 0.0250. The van der Waals surface area contributed by atoms with E-state index in [9.17, 15) is 9.59 Å². The van der Waals surface area contributed by atoms with Crippen LogP contribution >= 0.6 is 0 Å². The van der Waals surface area contributed by atoms with Crippen LogP contribution in [0.15, 0.2) is 78.9 Å². The van der Waals surface area contributed by atoms with Crippen LogP contribution in [0.3, 0.4) is 0 Å². The first-order valence-corrected chi connectivity index (χ1v) is 12.8. The molecule has 2 N–H and O–H groups in total. The highest BCUT2D eigenvalue weighted by molar-refractivity contribution is 6.01. The van der Waals surface area contributed by atoms with E-state index in [1.54, 1.807) is 4.90 Å². The lowest BCUT2D eigenvalue weighted by Gasteiger charge is -2.24. The zero-order chi connectivity index (χ0) is 25.6. The number of urea groups is 1. The zero-order valence-electron chi connectivity index (χ0n) is 21.3. The molecule has 0 heterocycles. The SMILES string of the molecule is CCCCCCCC(=O)NCCN(C(=O)Nc1ccc(C)cc1)c1ccc(Oc2ccccc2)cc1. The van der Waals surface area contributed by atoms with E-state index in [4.69, 9.17) is 4.74 Å². The third kappa shape index (κ3) is 9.10. The van der Waals surface area contributed by atoms with E-state index in [1.165, 1.54) is 19.3 Å². The predicted molar refractivity (Wildman–Crippen MR) is 147 cm³/mol. The Labute approximate surface area is 214 Å². The van der Waals surface area contributed by atoms with Gasteiger partial charge in [-0.05, 0) is 61.9 Å². The highest BCUT2D eigenvalue weighted by Crippen LogP contribution is 2.25. The van der Waals surface area contributed by atoms with Gasteiger partial charge < -0.3 is 15.4 Å². The average molecular weight is 488 g/mol. The van der Waals surface area contributed by atoms with Crippen LogP contribution in [0.4, 0.5) is 16.2 Å². The lowest BCUT2D eigenvalue weighted by atomic mass is 10.1. The number of nitrogens with zero attached hydrogens (tertiary/aromatic N) is 1. The summed E-state index contributed by atoms with van der Waals surface area (Å²) in [6, 6.07) is 24.3. The highest BCUT2D eigenvalue weighted by Gasteiger charge is 2.17. The van der Waals surface area contributed by atoms with Gasteiger partial charge in [0.05, 0.1) is 0 Å². The minimum Gasteiger partial charge on any atom is -0.457 e. The van der Waals surface area contributed by atoms with Crippen molar-refractivity contribution in [1.29, 1.82) is 0 Å². The van der Waals surface area contributed by atoms with Crippen LogP contribution < -0.4 is 20.3 Å². The first kappa shape index (κ1) is 26.8. The molecule has 190 valence electrons. The van der Waals surface area contributed by atoms with Gasteiger partial charge in [-0.2, -0.15) is 0 Å². The first-order valence-electron chi connectivity index (χ1n) is 12.8. The van der Waals surface area contributed by atoms with Crippen molar-refractivity contribution in [2.45, 2.75) is 52.4 Å². The van der Waals surface area contributed by atoms with Crippen molar-refractivity contribution < 1.29 is 14.3 Å². The van der Waals surface area contributed by atoms with E-state index in [0.29, 0.717) is 30.9 Å². The molecular weight excluding hydrogens is 450 g/mol. The summed E-state index contributed by atoms with van der Waals surface area (Å²) < 4.78 is 5.88. The standard InChI is InChI=1S/C30H37N3O3/c1-3-4-5-6-10-13-29(34)31-22-23-33(30(35)32-25-16-14-24(2)15-17-25)26-18-20-28(21-19-26)36-27-11-8-7-9-12-27/h7-9,11-12,14-21H,3-6,10,13,22-23H2,1-2H3,(H,31,34)(H,32,35). The molecule has 0 spiro atoms. The number of para-hydroxylation sites is 1. The van der Waals surface area contributed by atoms with Crippen molar-refractivity contribution in [3.05, 3.63) is 84.4 Å². The van der Waals surface area contributed by atoms with Crippen LogP contribution in [-0.2, 0) is 4.79 Å². The van der Waals surface area contributed by atoms with Crippen molar-refractivity contribution in [1.82, 2.24) is 5.32 Å². The Morgan fingerprint density at radius 1 is 0.806 bits per heavy atom. The Kier molecular flexibility index (Phi) is 10.8. The molecule has 0 fully saturated rings. The molecule has 3 rings (SSSR count). The van der Waals surface area contributed by atoms with E-state index in [0.717, 1.165) is 29.8 Å². The van der Waals surface area contributed by atoms with Gasteiger partial charge in [-0.1, -0.05) is 68.5 Å². The molecule has 36 heavy (non-hydrogen) atoms. The van der Waals surface area contributed by atoms with E-state index in [-0.39, 0.29) is 11.9 Å². The number of benzene rings is 3. The second-order valence-corrected chi connectivity index (χ2v) is 8.87. The molecule has 0 unspecified atom stereocenters. The number of carbonyl (C=O) groups excluding carboxylic acids is 2. The van der Waals surface area contributed by atoms with Gasteiger partial charge in [0.1, 0.15) is 11.5 Å². The molecule has 0 bridgehead atoms. The number of hydrogen-bond donors (Lipinski definition) is 2. The van der Waals surface area contributed by atoms with Crippen LogP contribution in [-0.4, -0.2) is 25.0 Å². The van der Waals surface area contributed by atoms with Gasteiger partial charge in [-0.15, -0.1) is 0 Å². The fraction of sp³-hybridized carbons (Fsp3) is 0.333. The summed E-state index contributed by atoms with van der Waals surface area (Å²) in [4.78, 5) is 27.1. The molecule has 6 nitrogen and oxygen atoms in total. The van der Waals surface area contributed by atoms with Gasteiger partial charge in [0.25, 0.3) is 0 Å². The number of ether oxygens (including phenoxy) is 1. The maximum atomic E-state index is 13.2. The van der Waals surface area contributed by atoms with Crippen LogP contribution in [0.2, 0.25) is 0 Å². The lowest BCUT2D eigenvalue weighted by Crippen LogP contribution is -2.41. The first-order chi connectivity index (χ1) is 17.5. The Hall–Kier alpha value is -3.80. The Morgan fingerprint density at radius 3 is 2.17 bits per heavy atom. The van der Waals surface area contributed by atoms with Crippen molar-refractivity contribution in [2.24, 2.45) is 0 Å². The monoisotopic (exact) mass is 487 g/mol. The van der Waals surface area contributed by atoms with Crippen molar-refractivity contribution >= 4 is 23.3 Å². The summed E-state index contributed by atoms with van der Waals surface area (Å²) in [5, 5.41) is 5.92. The molecule has 0 aliphatic carbocycles. The second kappa shape index (κ2) is 14.6. The molecule has 0 aliphatic heterocycles. The van der Waals surface area contributed by atoms with E-state index < -0.39 is 0 Å². The summed E-state index contributed by atoms with van der Waals surface area (Å²) in [6.45, 7) is 4.90. The Balaban J connectivity index is 1.62. The maximum absolute atomic E-state index is 13.2. The highest BCUT2D eigenvalue weighted by atomic mass is 16.5. The third-order valence-electron chi connectivity index (χ3n) is 5.84. The molecule has 3 aromatic carbocycles. The number of hydrogen-bond acceptors (Lipinski definition) is 3. The molecule has 0 atom stereocenters. The number of anilines is 2. The number of nitrogens with one attached hydrogen (secondary N) is 2. The Morgan fingerprint density at radius 2 is 1.47 bits per heavy atom. The van der Waals surface area contributed by atoms with Crippen LogP contribution in [0, 0.1) is 6.92 Å². The smallest absolute Gasteiger partial charge is 0.326 e. The van der Waals surface area contributed by atoms with Gasteiger partial charge in [0.2, 0.25) is 5.91 Å². The van der Waals surface area contributed by atoms with Gasteiger partial charge in [-0.3, -0.25) is 9.69 Å². The molecule has 0 saturated heterocycles. The number of carbonyl (C=O) groups is 2. The number of unbranched alkanes of at least 4 members (excludes halogenated alkanes) is 4. The molecule has 6 heteroatoms. The van der Waals surface area contributed by atoms with Crippen molar-refractivity contribution in [3.8, 4) is 11.5 Å². The Bertz CT molecular complexity index is 1070. The molecule has 0 radical (unpaired) electrons. The summed E-state index contributed by atoms with van der Waals surface area (Å²) in [6.07, 6.45) is 6.05. The molecule has 0 aromatic heterocycles. The van der Waals surface area contributed by atoms with Crippen molar-refractivity contribution in [2.75, 3.05) is 23.3 Å². The minimum atomic E-state index is -0.260. The molecule has 3 aromatic rings. The molecular formula is C30H37N3O3. The normalized spacial score (nSPS) is 10.5. The molecule has 0 saturated carbocycles. The van der Waals surface area contributed by atoms with Gasteiger partial charge >= 0.3 is 6.03 Å². The van der Waals surface area contributed by atoms with Crippen molar-refractivity contribution in [3.63, 3.8) is 0 Å². The number of amides is 3. The fourth-order valence-electron chi connectivity index (χ4n) is 3.78. The maximum Gasteiger partial charge on any atom is 0.326 e. The van der Waals surface area contributed by atoms with E-state index in [1.807, 2.05) is 85.8 Å². The molecule has 0 aliphatic rings. The van der Waals surface area contributed by atoms with E-state index in [2.05, 4.69) is 17.6 Å². The second-order valence-electron chi connectivity index (χ2n) is 8.87. The van der Waals surface area contributed by atoms with Crippen LogP contribution in [0.5, 0.6) is 11.5 Å². The van der Waals surface area contributed by atoms with Crippen LogP contribution in [0.1, 0.15) is 51.0 Å². The third-order valence-corrected chi connectivity index (χ3v) is 5.84. The number of rotatable bonds is 13. The summed E-state index contributed by atoms with van der Waals surface area (Å²) in [5.74, 6) is 1.45. The lowest BCUT2D eigenvalue weighted by molar-refractivity contribution is -0.121. The van der Waals surface area contributed by atoms with Gasteiger partial charge in [-0.25, -0.2) is 4.79 Å². The van der Waals surface area contributed by atoms with Crippen LogP contribution in [0.25, 0.3) is 0 Å². The van der Waals surface area contributed by atoms with Gasteiger partial charge in [0.15, 0.2) is 0 Å².